The van der Waals surface area contributed by atoms with Crippen molar-refractivity contribution in [1.82, 2.24) is 0 Å². The molecule has 0 saturated carbocycles. The summed E-state index contributed by atoms with van der Waals surface area (Å²) in [5.41, 5.74) is 2.94. The van der Waals surface area contributed by atoms with Crippen molar-refractivity contribution in [3.8, 4) is 0 Å². The van der Waals surface area contributed by atoms with E-state index >= 15 is 0 Å². The van der Waals surface area contributed by atoms with Gasteiger partial charge in [0.15, 0.2) is 0 Å². The molecule has 0 aromatic carbocycles. The van der Waals surface area contributed by atoms with Gasteiger partial charge in [-0.3, -0.25) is 0 Å². The predicted octanol–water partition coefficient (Wildman–Crippen LogP) is 1.77. The zero-order valence-corrected chi connectivity index (χ0v) is 7.28. The van der Waals surface area contributed by atoms with Crippen LogP contribution in [0.2, 0.25) is 0 Å². The van der Waals surface area contributed by atoms with Crippen LogP contribution in [0.4, 0.5) is 0 Å². The molecule has 11 heavy (non-hydrogen) atoms. The van der Waals surface area contributed by atoms with Crippen molar-refractivity contribution in [2.24, 2.45) is 0 Å². The third-order valence-corrected chi connectivity index (χ3v) is 3.42. The van der Waals surface area contributed by atoms with Gasteiger partial charge in [0.1, 0.15) is 0 Å². The Labute approximate surface area is 70.7 Å². The molecule has 0 bridgehead atoms. The van der Waals surface area contributed by atoms with Crippen molar-refractivity contribution >= 4 is 11.3 Å². The lowest BCUT2D eigenvalue weighted by Crippen LogP contribution is -1.91. The minimum atomic E-state index is 0.295. The van der Waals surface area contributed by atoms with E-state index in [-0.39, 0.29) is 0 Å². The van der Waals surface area contributed by atoms with Crippen molar-refractivity contribution in [3.63, 3.8) is 0 Å². The summed E-state index contributed by atoms with van der Waals surface area (Å²) >= 11 is 1.87. The molecule has 1 aliphatic carbocycles. The first-order chi connectivity index (χ1) is 5.42. The number of hydrogen-bond acceptors (Lipinski definition) is 2. The minimum absolute atomic E-state index is 0.295. The van der Waals surface area contributed by atoms with Crippen molar-refractivity contribution in [2.45, 2.75) is 25.7 Å². The maximum Gasteiger partial charge on any atom is 0.0471 e. The van der Waals surface area contributed by atoms with Crippen LogP contribution in [0.25, 0.3) is 0 Å². The molecule has 0 fully saturated rings. The van der Waals surface area contributed by atoms with E-state index in [2.05, 4.69) is 5.38 Å². The maximum atomic E-state index is 8.77. The Balaban J connectivity index is 2.27. The fraction of sp³-hybridized carbons (Fsp3) is 0.556. The maximum absolute atomic E-state index is 8.77. The smallest absolute Gasteiger partial charge is 0.0471 e. The Kier molecular flexibility index (Phi) is 1.96. The molecule has 1 aromatic heterocycles. The van der Waals surface area contributed by atoms with Gasteiger partial charge in [0.2, 0.25) is 0 Å². The summed E-state index contributed by atoms with van der Waals surface area (Å²) in [6.45, 7) is 0.295. The molecule has 1 N–H and O–H groups in total. The van der Waals surface area contributed by atoms with Crippen molar-refractivity contribution in [3.05, 3.63) is 21.4 Å². The summed E-state index contributed by atoms with van der Waals surface area (Å²) in [6, 6.07) is 0. The molecule has 0 spiro atoms. The molecule has 60 valence electrons. The lowest BCUT2D eigenvalue weighted by Gasteiger charge is -1.96. The number of aryl methyl sites for hydroxylation is 1. The second-order valence-corrected chi connectivity index (χ2v) is 3.95. The third-order valence-electron chi connectivity index (χ3n) is 2.28. The second kappa shape index (κ2) is 2.95. The van der Waals surface area contributed by atoms with E-state index in [4.69, 9.17) is 5.11 Å². The number of hydrogen-bond donors (Lipinski definition) is 1. The van der Waals surface area contributed by atoms with Gasteiger partial charge in [-0.2, -0.15) is 0 Å². The monoisotopic (exact) mass is 168 g/mol. The molecular weight excluding hydrogens is 156 g/mol. The molecule has 0 unspecified atom stereocenters. The van der Waals surface area contributed by atoms with E-state index in [1.807, 2.05) is 11.3 Å². The van der Waals surface area contributed by atoms with Crippen LogP contribution in [0.1, 0.15) is 22.4 Å². The number of aliphatic hydroxyl groups excluding tert-OH is 1. The van der Waals surface area contributed by atoms with Crippen LogP contribution in [-0.4, -0.2) is 11.7 Å². The summed E-state index contributed by atoms with van der Waals surface area (Å²) in [4.78, 5) is 1.56. The summed E-state index contributed by atoms with van der Waals surface area (Å²) in [5.74, 6) is 0. The molecule has 1 nitrogen and oxygen atoms in total. The normalized spacial score (nSPS) is 15.4. The van der Waals surface area contributed by atoms with Crippen LogP contribution in [0.5, 0.6) is 0 Å². The highest BCUT2D eigenvalue weighted by Crippen LogP contribution is 2.31. The Morgan fingerprint density at radius 1 is 1.45 bits per heavy atom. The minimum Gasteiger partial charge on any atom is -0.396 e. The fourth-order valence-electron chi connectivity index (χ4n) is 1.73. The van der Waals surface area contributed by atoms with Crippen LogP contribution >= 0.6 is 11.3 Å². The van der Waals surface area contributed by atoms with E-state index in [1.165, 1.54) is 24.8 Å². The molecule has 1 aliphatic rings. The van der Waals surface area contributed by atoms with E-state index in [9.17, 15) is 0 Å². The third kappa shape index (κ3) is 1.21. The van der Waals surface area contributed by atoms with Gasteiger partial charge in [-0.1, -0.05) is 0 Å². The number of fused-ring (bicyclic) bond motifs is 1. The quantitative estimate of drug-likeness (QED) is 0.713. The highest BCUT2D eigenvalue weighted by Gasteiger charge is 2.15. The van der Waals surface area contributed by atoms with Gasteiger partial charge in [-0.15, -0.1) is 11.3 Å². The number of rotatable bonds is 2. The van der Waals surface area contributed by atoms with Gasteiger partial charge in [0, 0.05) is 11.5 Å². The van der Waals surface area contributed by atoms with Crippen LogP contribution in [-0.2, 0) is 19.3 Å². The molecule has 1 heterocycles. The van der Waals surface area contributed by atoms with Gasteiger partial charge in [0.05, 0.1) is 0 Å². The van der Waals surface area contributed by atoms with Crippen LogP contribution in [0.3, 0.4) is 0 Å². The standard InChI is InChI=1S/C9H12OS/c10-5-4-7-6-11-9-3-1-2-8(7)9/h6,10H,1-5H2. The van der Waals surface area contributed by atoms with Crippen LogP contribution < -0.4 is 0 Å². The highest BCUT2D eigenvalue weighted by atomic mass is 32.1. The summed E-state index contributed by atoms with van der Waals surface area (Å²) in [6.07, 6.45) is 4.69. The fourth-order valence-corrected chi connectivity index (χ4v) is 2.91. The Morgan fingerprint density at radius 2 is 2.36 bits per heavy atom. The van der Waals surface area contributed by atoms with E-state index in [0.29, 0.717) is 6.61 Å². The van der Waals surface area contributed by atoms with E-state index in [1.54, 1.807) is 10.4 Å². The van der Waals surface area contributed by atoms with Crippen LogP contribution in [0, 0.1) is 0 Å². The molecule has 2 heteroatoms. The SMILES string of the molecule is OCCc1csc2c1CCC2. The zero-order valence-electron chi connectivity index (χ0n) is 6.47. The Bertz CT molecular complexity index is 252. The molecule has 2 rings (SSSR count). The second-order valence-electron chi connectivity index (χ2n) is 2.99. The van der Waals surface area contributed by atoms with Gasteiger partial charge < -0.3 is 5.11 Å². The molecule has 0 radical (unpaired) electrons. The predicted molar refractivity (Wildman–Crippen MR) is 47.1 cm³/mol. The van der Waals surface area contributed by atoms with Gasteiger partial charge in [0.25, 0.3) is 0 Å². The van der Waals surface area contributed by atoms with Crippen molar-refractivity contribution in [2.75, 3.05) is 6.61 Å². The van der Waals surface area contributed by atoms with E-state index < -0.39 is 0 Å². The first-order valence-electron chi connectivity index (χ1n) is 4.11. The lowest BCUT2D eigenvalue weighted by atomic mass is 10.1. The summed E-state index contributed by atoms with van der Waals surface area (Å²) in [5, 5.41) is 11.0. The highest BCUT2D eigenvalue weighted by molar-refractivity contribution is 7.10. The van der Waals surface area contributed by atoms with Crippen molar-refractivity contribution in [1.29, 1.82) is 0 Å². The molecule has 1 aromatic rings. The van der Waals surface area contributed by atoms with Crippen molar-refractivity contribution < 1.29 is 5.11 Å². The number of thiophene rings is 1. The molecule has 0 aliphatic heterocycles. The Morgan fingerprint density at radius 3 is 3.18 bits per heavy atom. The average molecular weight is 168 g/mol. The van der Waals surface area contributed by atoms with Gasteiger partial charge in [-0.05, 0) is 42.2 Å². The van der Waals surface area contributed by atoms with Gasteiger partial charge >= 0.3 is 0 Å². The molecular formula is C9H12OS. The first-order valence-corrected chi connectivity index (χ1v) is 4.99. The number of aliphatic hydroxyl groups is 1. The molecule has 0 saturated heterocycles. The first kappa shape index (κ1) is 7.32. The average Bonchev–Trinajstić information content (AvgIpc) is 2.53. The topological polar surface area (TPSA) is 20.2 Å². The van der Waals surface area contributed by atoms with Crippen LogP contribution in [0.15, 0.2) is 5.38 Å². The lowest BCUT2D eigenvalue weighted by molar-refractivity contribution is 0.299. The van der Waals surface area contributed by atoms with Gasteiger partial charge in [-0.25, -0.2) is 0 Å². The summed E-state index contributed by atoms with van der Waals surface area (Å²) in [7, 11) is 0. The Hall–Kier alpha value is -0.340. The molecule has 0 atom stereocenters. The van der Waals surface area contributed by atoms with E-state index in [0.717, 1.165) is 6.42 Å². The zero-order chi connectivity index (χ0) is 7.68. The summed E-state index contributed by atoms with van der Waals surface area (Å²) < 4.78 is 0. The molecule has 0 amide bonds. The largest absolute Gasteiger partial charge is 0.396 e.